The second kappa shape index (κ2) is 4.41. The van der Waals surface area contributed by atoms with E-state index < -0.39 is 5.97 Å². The van der Waals surface area contributed by atoms with Crippen LogP contribution in [0.4, 0.5) is 0 Å². The van der Waals surface area contributed by atoms with Gasteiger partial charge in [-0.15, -0.1) is 0 Å². The van der Waals surface area contributed by atoms with Crippen LogP contribution in [0.3, 0.4) is 0 Å². The molecule has 0 aromatic rings. The van der Waals surface area contributed by atoms with Crippen LogP contribution in [-0.4, -0.2) is 47.6 Å². The molecule has 2 aliphatic rings. The summed E-state index contributed by atoms with van der Waals surface area (Å²) in [5, 5.41) is 11.9. The van der Waals surface area contributed by atoms with E-state index in [1.807, 2.05) is 6.92 Å². The van der Waals surface area contributed by atoms with Gasteiger partial charge in [-0.2, -0.15) is 0 Å². The van der Waals surface area contributed by atoms with E-state index in [0.717, 1.165) is 19.5 Å². The molecular weight excluding hydrogens is 208 g/mol. The number of hydrogen-bond acceptors (Lipinski definition) is 3. The Kier molecular flexibility index (Phi) is 3.14. The summed E-state index contributed by atoms with van der Waals surface area (Å²) < 4.78 is 0. The Morgan fingerprint density at radius 1 is 1.56 bits per heavy atom. The first kappa shape index (κ1) is 11.4. The van der Waals surface area contributed by atoms with Crippen molar-refractivity contribution in [1.29, 1.82) is 0 Å². The van der Waals surface area contributed by atoms with Gasteiger partial charge >= 0.3 is 5.97 Å². The Bertz CT molecular complexity index is 306. The quantitative estimate of drug-likeness (QED) is 0.706. The monoisotopic (exact) mass is 226 g/mol. The Balaban J connectivity index is 1.84. The molecule has 0 aromatic carbocycles. The van der Waals surface area contributed by atoms with E-state index in [-0.39, 0.29) is 23.8 Å². The fourth-order valence-electron chi connectivity index (χ4n) is 2.66. The minimum atomic E-state index is -0.703. The molecule has 16 heavy (non-hydrogen) atoms. The number of nitrogens with zero attached hydrogens (tertiary/aromatic N) is 1. The molecule has 2 saturated heterocycles. The lowest BCUT2D eigenvalue weighted by molar-refractivity contribution is -0.142. The number of nitrogens with one attached hydrogen (secondary N) is 1. The highest BCUT2D eigenvalue weighted by Gasteiger charge is 2.36. The minimum Gasteiger partial charge on any atom is -0.481 e. The fourth-order valence-corrected chi connectivity index (χ4v) is 2.66. The molecule has 2 N–H and O–H groups in total. The van der Waals surface area contributed by atoms with Gasteiger partial charge in [-0.3, -0.25) is 9.59 Å². The van der Waals surface area contributed by atoms with E-state index in [1.54, 1.807) is 0 Å². The van der Waals surface area contributed by atoms with Crippen molar-refractivity contribution >= 4 is 11.9 Å². The van der Waals surface area contributed by atoms with Gasteiger partial charge in [0.1, 0.15) is 0 Å². The molecule has 0 aliphatic carbocycles. The van der Waals surface area contributed by atoms with Crippen LogP contribution in [0.15, 0.2) is 0 Å². The van der Waals surface area contributed by atoms with Crippen molar-refractivity contribution in [2.45, 2.75) is 25.8 Å². The molecule has 0 aromatic heterocycles. The summed E-state index contributed by atoms with van der Waals surface area (Å²) in [4.78, 5) is 24.1. The first-order chi connectivity index (χ1) is 7.56. The molecule has 1 unspecified atom stereocenters. The number of amides is 1. The molecule has 2 aliphatic heterocycles. The third-order valence-corrected chi connectivity index (χ3v) is 3.57. The topological polar surface area (TPSA) is 69.6 Å². The molecular formula is C11H18N2O3. The number of carboxylic acid groups (broad SMARTS) is 1. The first-order valence-electron chi connectivity index (χ1n) is 5.81. The van der Waals surface area contributed by atoms with Crippen LogP contribution in [0.25, 0.3) is 0 Å². The van der Waals surface area contributed by atoms with Crippen LogP contribution in [0.2, 0.25) is 0 Å². The summed E-state index contributed by atoms with van der Waals surface area (Å²) >= 11 is 0. The van der Waals surface area contributed by atoms with Crippen LogP contribution in [0.5, 0.6) is 0 Å². The number of likely N-dealkylation sites (tertiary alicyclic amines) is 1. The molecule has 0 bridgehead atoms. The van der Waals surface area contributed by atoms with E-state index in [9.17, 15) is 9.59 Å². The number of aliphatic carboxylic acids is 1. The van der Waals surface area contributed by atoms with Gasteiger partial charge in [0.15, 0.2) is 0 Å². The molecule has 2 heterocycles. The van der Waals surface area contributed by atoms with Gasteiger partial charge in [-0.25, -0.2) is 0 Å². The maximum atomic E-state index is 11.0. The van der Waals surface area contributed by atoms with E-state index in [0.29, 0.717) is 13.0 Å². The fraction of sp³-hybridized carbons (Fsp3) is 0.818. The minimum absolute atomic E-state index is 0.118. The molecule has 5 nitrogen and oxygen atoms in total. The van der Waals surface area contributed by atoms with E-state index >= 15 is 0 Å². The molecule has 2 fully saturated rings. The normalized spacial score (nSPS) is 35.3. The molecule has 3 atom stereocenters. The van der Waals surface area contributed by atoms with Crippen LogP contribution < -0.4 is 5.32 Å². The molecule has 90 valence electrons. The van der Waals surface area contributed by atoms with Crippen LogP contribution >= 0.6 is 0 Å². The molecule has 2 rings (SSSR count). The zero-order valence-corrected chi connectivity index (χ0v) is 9.48. The van der Waals surface area contributed by atoms with Gasteiger partial charge in [-0.05, 0) is 12.3 Å². The Morgan fingerprint density at radius 3 is 2.81 bits per heavy atom. The second-order valence-corrected chi connectivity index (χ2v) is 4.94. The van der Waals surface area contributed by atoms with Crippen molar-refractivity contribution in [2.75, 3.05) is 19.6 Å². The van der Waals surface area contributed by atoms with Crippen molar-refractivity contribution in [3.8, 4) is 0 Å². The second-order valence-electron chi connectivity index (χ2n) is 4.94. The lowest BCUT2D eigenvalue weighted by Gasteiger charge is -2.19. The Hall–Kier alpha value is -1.10. The van der Waals surface area contributed by atoms with Gasteiger partial charge < -0.3 is 15.3 Å². The summed E-state index contributed by atoms with van der Waals surface area (Å²) in [5.74, 6) is -0.635. The van der Waals surface area contributed by atoms with Crippen molar-refractivity contribution in [3.05, 3.63) is 0 Å². The predicted octanol–water partition coefficient (Wildman–Crippen LogP) is -0.0825. The highest BCUT2D eigenvalue weighted by atomic mass is 16.4. The van der Waals surface area contributed by atoms with Crippen molar-refractivity contribution in [2.24, 2.45) is 11.8 Å². The van der Waals surface area contributed by atoms with Crippen molar-refractivity contribution in [3.63, 3.8) is 0 Å². The maximum Gasteiger partial charge on any atom is 0.308 e. The molecule has 0 saturated carbocycles. The van der Waals surface area contributed by atoms with Gasteiger partial charge in [0, 0.05) is 32.1 Å². The summed E-state index contributed by atoms with van der Waals surface area (Å²) in [6, 6.07) is 0.215. The Labute approximate surface area is 94.8 Å². The zero-order valence-electron chi connectivity index (χ0n) is 9.48. The number of hydrogen-bond donors (Lipinski definition) is 2. The standard InChI is InChI=1S/C11H18N2O3/c1-7-4-13(6-9(7)11(15)16)5-8-2-3-10(14)12-8/h7-9H,2-6H2,1H3,(H,12,14)(H,15,16)/t7-,8?,9-/m1/s1. The van der Waals surface area contributed by atoms with Crippen molar-refractivity contribution in [1.82, 2.24) is 10.2 Å². The average molecular weight is 226 g/mol. The summed E-state index contributed by atoms with van der Waals surface area (Å²) in [7, 11) is 0. The predicted molar refractivity (Wildman–Crippen MR) is 57.9 cm³/mol. The average Bonchev–Trinajstić information content (AvgIpc) is 2.73. The molecule has 0 radical (unpaired) electrons. The van der Waals surface area contributed by atoms with Crippen molar-refractivity contribution < 1.29 is 14.7 Å². The highest BCUT2D eigenvalue weighted by molar-refractivity contribution is 5.78. The zero-order chi connectivity index (χ0) is 11.7. The SMILES string of the molecule is C[C@@H]1CN(CC2CCC(=O)N2)C[C@H]1C(=O)O. The number of rotatable bonds is 3. The summed E-state index contributed by atoms with van der Waals surface area (Å²) in [6.45, 7) is 4.21. The van der Waals surface area contributed by atoms with Gasteiger partial charge in [0.25, 0.3) is 0 Å². The third kappa shape index (κ3) is 2.35. The summed E-state index contributed by atoms with van der Waals surface area (Å²) in [6.07, 6.45) is 1.48. The number of carbonyl (C=O) groups is 2. The first-order valence-corrected chi connectivity index (χ1v) is 5.81. The van der Waals surface area contributed by atoms with Crippen LogP contribution in [-0.2, 0) is 9.59 Å². The molecule has 1 amide bonds. The van der Waals surface area contributed by atoms with Gasteiger partial charge in [-0.1, -0.05) is 6.92 Å². The maximum absolute atomic E-state index is 11.0. The largest absolute Gasteiger partial charge is 0.481 e. The van der Waals surface area contributed by atoms with E-state index in [4.69, 9.17) is 5.11 Å². The molecule has 0 spiro atoms. The van der Waals surface area contributed by atoms with Crippen LogP contribution in [0.1, 0.15) is 19.8 Å². The number of carbonyl (C=O) groups excluding carboxylic acids is 1. The van der Waals surface area contributed by atoms with E-state index in [1.165, 1.54) is 0 Å². The third-order valence-electron chi connectivity index (χ3n) is 3.57. The molecule has 5 heteroatoms. The van der Waals surface area contributed by atoms with E-state index in [2.05, 4.69) is 10.2 Å². The smallest absolute Gasteiger partial charge is 0.308 e. The Morgan fingerprint density at radius 2 is 2.31 bits per heavy atom. The lowest BCUT2D eigenvalue weighted by Crippen LogP contribution is -2.38. The number of carboxylic acids is 1. The summed E-state index contributed by atoms with van der Waals surface area (Å²) in [5.41, 5.74) is 0. The van der Waals surface area contributed by atoms with Gasteiger partial charge in [0.05, 0.1) is 5.92 Å². The van der Waals surface area contributed by atoms with Crippen LogP contribution in [0, 0.1) is 11.8 Å². The van der Waals surface area contributed by atoms with Gasteiger partial charge in [0.2, 0.25) is 5.91 Å². The highest BCUT2D eigenvalue weighted by Crippen LogP contribution is 2.24. The lowest BCUT2D eigenvalue weighted by atomic mass is 9.99.